The van der Waals surface area contributed by atoms with E-state index in [1.54, 1.807) is 24.3 Å². The Hall–Kier alpha value is -2.95. The average molecular weight is 447 g/mol. The number of benzene rings is 2. The SMILES string of the molecule is Cc1ccc(S(=O)(=O)N/N=C\c2cc(C)n(-c3ccc(S(N)(=O)=O)cc3)c2C)cc1. The topological polar surface area (TPSA) is 124 Å². The van der Waals surface area contributed by atoms with Crippen molar-refractivity contribution in [3.8, 4) is 5.69 Å². The first kappa shape index (κ1) is 21.8. The monoisotopic (exact) mass is 446 g/mol. The van der Waals surface area contributed by atoms with Gasteiger partial charge in [0.1, 0.15) is 0 Å². The predicted octanol–water partition coefficient (Wildman–Crippen LogP) is 2.36. The predicted molar refractivity (Wildman–Crippen MR) is 116 cm³/mol. The van der Waals surface area contributed by atoms with Gasteiger partial charge in [0, 0.05) is 22.6 Å². The summed E-state index contributed by atoms with van der Waals surface area (Å²) >= 11 is 0. The number of aromatic nitrogens is 1. The van der Waals surface area contributed by atoms with Crippen LogP contribution >= 0.6 is 0 Å². The van der Waals surface area contributed by atoms with Crippen LogP contribution in [0.3, 0.4) is 0 Å². The van der Waals surface area contributed by atoms with Crippen LogP contribution in [0.2, 0.25) is 0 Å². The lowest BCUT2D eigenvalue weighted by molar-refractivity contribution is 0.584. The van der Waals surface area contributed by atoms with E-state index in [9.17, 15) is 16.8 Å². The molecule has 0 atom stereocenters. The summed E-state index contributed by atoms with van der Waals surface area (Å²) < 4.78 is 49.4. The quantitative estimate of drug-likeness (QED) is 0.445. The summed E-state index contributed by atoms with van der Waals surface area (Å²) in [6.45, 7) is 5.62. The lowest BCUT2D eigenvalue weighted by atomic mass is 10.2. The average Bonchev–Trinajstić information content (AvgIpc) is 2.95. The van der Waals surface area contributed by atoms with Gasteiger partial charge in [0.2, 0.25) is 10.0 Å². The molecule has 0 spiro atoms. The first-order valence-electron chi connectivity index (χ1n) is 8.93. The Kier molecular flexibility index (Phi) is 5.84. The Bertz CT molecular complexity index is 1310. The summed E-state index contributed by atoms with van der Waals surface area (Å²) in [5.74, 6) is 0. The summed E-state index contributed by atoms with van der Waals surface area (Å²) in [6, 6.07) is 14.5. The highest BCUT2D eigenvalue weighted by atomic mass is 32.2. The zero-order valence-electron chi connectivity index (χ0n) is 16.7. The van der Waals surface area contributed by atoms with Crippen molar-refractivity contribution >= 4 is 26.3 Å². The molecule has 0 fully saturated rings. The van der Waals surface area contributed by atoms with Crippen molar-refractivity contribution in [1.29, 1.82) is 0 Å². The normalized spacial score (nSPS) is 12.4. The van der Waals surface area contributed by atoms with Gasteiger partial charge < -0.3 is 4.57 Å². The van der Waals surface area contributed by atoms with E-state index in [-0.39, 0.29) is 9.79 Å². The lowest BCUT2D eigenvalue weighted by Crippen LogP contribution is -2.18. The third kappa shape index (κ3) is 4.61. The van der Waals surface area contributed by atoms with Crippen molar-refractivity contribution in [2.45, 2.75) is 30.6 Å². The van der Waals surface area contributed by atoms with E-state index in [1.807, 2.05) is 31.4 Å². The molecule has 1 heterocycles. The van der Waals surface area contributed by atoms with Crippen LogP contribution in [0.4, 0.5) is 0 Å². The van der Waals surface area contributed by atoms with Gasteiger partial charge in [-0.1, -0.05) is 17.7 Å². The zero-order valence-corrected chi connectivity index (χ0v) is 18.3. The van der Waals surface area contributed by atoms with Gasteiger partial charge in [-0.15, -0.1) is 0 Å². The Morgan fingerprint density at radius 2 is 1.47 bits per heavy atom. The van der Waals surface area contributed by atoms with Crippen LogP contribution in [0.5, 0.6) is 0 Å². The number of nitrogens with zero attached hydrogens (tertiary/aromatic N) is 2. The second-order valence-corrected chi connectivity index (χ2v) is 10.1. The molecule has 0 saturated heterocycles. The molecular weight excluding hydrogens is 424 g/mol. The lowest BCUT2D eigenvalue weighted by Gasteiger charge is -2.10. The minimum Gasteiger partial charge on any atom is -0.318 e. The molecule has 0 aliphatic carbocycles. The van der Waals surface area contributed by atoms with Crippen LogP contribution in [-0.2, 0) is 20.0 Å². The number of nitrogens with two attached hydrogens (primary N) is 1. The van der Waals surface area contributed by atoms with Crippen molar-refractivity contribution in [3.63, 3.8) is 0 Å². The smallest absolute Gasteiger partial charge is 0.276 e. The number of nitrogens with one attached hydrogen (secondary N) is 1. The fraction of sp³-hybridized carbons (Fsp3) is 0.150. The molecule has 3 aromatic rings. The fourth-order valence-corrected chi connectivity index (χ4v) is 4.34. The van der Waals surface area contributed by atoms with E-state index >= 15 is 0 Å². The van der Waals surface area contributed by atoms with Gasteiger partial charge in [-0.2, -0.15) is 13.5 Å². The summed E-state index contributed by atoms with van der Waals surface area (Å²) in [5.41, 5.74) is 4.11. The number of hydrogen-bond donors (Lipinski definition) is 2. The van der Waals surface area contributed by atoms with Crippen LogP contribution in [0.25, 0.3) is 5.69 Å². The van der Waals surface area contributed by atoms with Gasteiger partial charge >= 0.3 is 0 Å². The molecule has 0 aliphatic heterocycles. The second-order valence-electron chi connectivity index (χ2n) is 6.87. The molecule has 30 heavy (non-hydrogen) atoms. The highest BCUT2D eigenvalue weighted by Gasteiger charge is 2.14. The van der Waals surface area contributed by atoms with Crippen LogP contribution in [0.1, 0.15) is 22.5 Å². The van der Waals surface area contributed by atoms with Gasteiger partial charge in [-0.3, -0.25) is 0 Å². The van der Waals surface area contributed by atoms with Crippen LogP contribution < -0.4 is 9.97 Å². The van der Waals surface area contributed by atoms with Crippen LogP contribution in [0, 0.1) is 20.8 Å². The van der Waals surface area contributed by atoms with E-state index < -0.39 is 20.0 Å². The molecule has 0 radical (unpaired) electrons. The first-order chi connectivity index (χ1) is 14.0. The first-order valence-corrected chi connectivity index (χ1v) is 12.0. The summed E-state index contributed by atoms with van der Waals surface area (Å²) in [5, 5.41) is 9.04. The molecule has 0 saturated carbocycles. The Balaban J connectivity index is 1.84. The molecular formula is C20H22N4O4S2. The van der Waals surface area contributed by atoms with Crippen molar-refractivity contribution in [3.05, 3.63) is 77.1 Å². The molecule has 158 valence electrons. The number of hydrazone groups is 1. The van der Waals surface area contributed by atoms with E-state index in [1.165, 1.54) is 30.5 Å². The van der Waals surface area contributed by atoms with E-state index in [4.69, 9.17) is 5.14 Å². The highest BCUT2D eigenvalue weighted by molar-refractivity contribution is 7.89. The van der Waals surface area contributed by atoms with Gasteiger partial charge in [0.15, 0.2) is 0 Å². The number of hydrogen-bond acceptors (Lipinski definition) is 5. The second kappa shape index (κ2) is 8.05. The summed E-state index contributed by atoms with van der Waals surface area (Å²) in [4.78, 5) is 2.37. The van der Waals surface area contributed by atoms with Crippen LogP contribution in [0.15, 0.2) is 69.5 Å². The molecule has 2 aromatic carbocycles. The molecule has 10 heteroatoms. The Labute approximate surface area is 176 Å². The maximum absolute atomic E-state index is 12.3. The molecule has 1 aromatic heterocycles. The van der Waals surface area contributed by atoms with E-state index in [0.29, 0.717) is 0 Å². The molecule has 0 amide bonds. The molecule has 0 aliphatic rings. The molecule has 0 bridgehead atoms. The Morgan fingerprint density at radius 1 is 0.900 bits per heavy atom. The van der Waals surface area contributed by atoms with Gasteiger partial charge in [-0.25, -0.2) is 18.4 Å². The largest absolute Gasteiger partial charge is 0.318 e. The zero-order chi connectivity index (χ0) is 22.1. The third-order valence-corrected chi connectivity index (χ3v) is 6.77. The number of rotatable bonds is 6. The molecule has 3 N–H and O–H groups in total. The van der Waals surface area contributed by atoms with Crippen LogP contribution in [-0.4, -0.2) is 27.6 Å². The highest BCUT2D eigenvalue weighted by Crippen LogP contribution is 2.21. The maximum Gasteiger partial charge on any atom is 0.276 e. The van der Waals surface area contributed by atoms with Crippen molar-refractivity contribution in [2.75, 3.05) is 0 Å². The van der Waals surface area contributed by atoms with Crippen molar-refractivity contribution < 1.29 is 16.8 Å². The van der Waals surface area contributed by atoms with E-state index in [0.717, 1.165) is 28.2 Å². The number of primary sulfonamides is 1. The summed E-state index contributed by atoms with van der Waals surface area (Å²) in [6.07, 6.45) is 1.43. The number of aryl methyl sites for hydroxylation is 2. The standard InChI is InChI=1S/C20H22N4O4S2/c1-14-4-8-20(9-5-14)30(27,28)23-22-13-17-12-15(2)24(16(17)3)18-6-10-19(11-7-18)29(21,25)26/h4-13,23H,1-3H3,(H2,21,25,26)/b22-13-. The van der Waals surface area contributed by atoms with Gasteiger partial charge in [-0.05, 0) is 63.2 Å². The van der Waals surface area contributed by atoms with E-state index in [2.05, 4.69) is 9.93 Å². The summed E-state index contributed by atoms with van der Waals surface area (Å²) in [7, 11) is -7.52. The molecule has 3 rings (SSSR count). The fourth-order valence-electron chi connectivity index (χ4n) is 3.04. The third-order valence-electron chi connectivity index (χ3n) is 4.60. The Morgan fingerprint density at radius 3 is 2.03 bits per heavy atom. The minimum absolute atomic E-state index is 0.0287. The molecule has 0 unspecified atom stereocenters. The molecule has 8 nitrogen and oxygen atoms in total. The maximum atomic E-state index is 12.3. The van der Waals surface area contributed by atoms with Crippen molar-refractivity contribution in [2.24, 2.45) is 10.2 Å². The minimum atomic E-state index is -3.76. The van der Waals surface area contributed by atoms with Crippen molar-refractivity contribution in [1.82, 2.24) is 9.40 Å². The van der Waals surface area contributed by atoms with Gasteiger partial charge in [0.05, 0.1) is 16.0 Å². The number of sulfonamides is 2. The van der Waals surface area contributed by atoms with Gasteiger partial charge in [0.25, 0.3) is 10.0 Å².